The van der Waals surface area contributed by atoms with Gasteiger partial charge in [-0.2, -0.15) is 0 Å². The van der Waals surface area contributed by atoms with E-state index in [1.54, 1.807) is 0 Å². The number of anilines is 1. The minimum absolute atomic E-state index is 0.302. The average Bonchev–Trinajstić information content (AvgIpc) is 3.67. The second-order valence-electron chi connectivity index (χ2n) is 12.4. The fourth-order valence-electron chi connectivity index (χ4n) is 7.58. The van der Waals surface area contributed by atoms with Crippen molar-refractivity contribution in [3.05, 3.63) is 181 Å². The van der Waals surface area contributed by atoms with E-state index in [-0.39, 0.29) is 6.29 Å². The van der Waals surface area contributed by atoms with Crippen molar-refractivity contribution in [3.63, 3.8) is 0 Å². The Hall–Kier alpha value is -6.39. The standard InChI is InChI=1S/C44H30N4/c1-3-13-29(14-4-1)43-35-19-7-10-20-38(35)45-44(46-43)48-40-22-12-9-18-34(40)37-28-31(24-26-42(37)48)30-23-25-41-36(27-30)33-17-8-11-21-39(33)47(41)32-15-5-2-6-16-32/h1-28,44-45H. The number of para-hydroxylation sites is 4. The van der Waals surface area contributed by atoms with Gasteiger partial charge in [0.2, 0.25) is 6.29 Å². The van der Waals surface area contributed by atoms with Gasteiger partial charge < -0.3 is 14.5 Å². The van der Waals surface area contributed by atoms with E-state index in [4.69, 9.17) is 4.99 Å². The highest BCUT2D eigenvalue weighted by Gasteiger charge is 2.25. The molecule has 9 aromatic rings. The maximum absolute atomic E-state index is 5.37. The molecule has 0 fully saturated rings. The van der Waals surface area contributed by atoms with Gasteiger partial charge in [0.1, 0.15) is 0 Å². The summed E-state index contributed by atoms with van der Waals surface area (Å²) in [5, 5.41) is 8.69. The lowest BCUT2D eigenvalue weighted by molar-refractivity contribution is 0.624. The molecule has 0 saturated carbocycles. The highest BCUT2D eigenvalue weighted by molar-refractivity contribution is 6.17. The van der Waals surface area contributed by atoms with E-state index in [0.29, 0.717) is 0 Å². The fourth-order valence-corrected chi connectivity index (χ4v) is 7.58. The average molecular weight is 615 g/mol. The van der Waals surface area contributed by atoms with Crippen molar-refractivity contribution in [1.29, 1.82) is 0 Å². The summed E-state index contributed by atoms with van der Waals surface area (Å²) < 4.78 is 4.72. The molecule has 0 radical (unpaired) electrons. The van der Waals surface area contributed by atoms with Crippen LogP contribution in [0.5, 0.6) is 0 Å². The van der Waals surface area contributed by atoms with Gasteiger partial charge in [-0.3, -0.25) is 0 Å². The van der Waals surface area contributed by atoms with Crippen molar-refractivity contribution < 1.29 is 0 Å². The molecule has 1 aliphatic rings. The number of aromatic nitrogens is 2. The Morgan fingerprint density at radius 2 is 0.979 bits per heavy atom. The van der Waals surface area contributed by atoms with E-state index in [0.717, 1.165) is 33.6 Å². The molecule has 10 rings (SSSR count). The molecule has 0 amide bonds. The number of benzene rings is 7. The van der Waals surface area contributed by atoms with Gasteiger partial charge in [-0.25, -0.2) is 4.99 Å². The van der Waals surface area contributed by atoms with Gasteiger partial charge in [-0.1, -0.05) is 115 Å². The first-order valence-electron chi connectivity index (χ1n) is 16.4. The van der Waals surface area contributed by atoms with Crippen LogP contribution in [-0.4, -0.2) is 14.8 Å². The van der Waals surface area contributed by atoms with Crippen LogP contribution in [0.4, 0.5) is 5.69 Å². The van der Waals surface area contributed by atoms with Crippen LogP contribution in [-0.2, 0) is 0 Å². The van der Waals surface area contributed by atoms with E-state index < -0.39 is 0 Å². The van der Waals surface area contributed by atoms with Gasteiger partial charge >= 0.3 is 0 Å². The molecule has 0 bridgehead atoms. The summed E-state index contributed by atoms with van der Waals surface area (Å²) in [5.41, 5.74) is 12.6. The summed E-state index contributed by atoms with van der Waals surface area (Å²) in [6.45, 7) is 0. The monoisotopic (exact) mass is 614 g/mol. The molecule has 1 aliphatic heterocycles. The van der Waals surface area contributed by atoms with Crippen molar-refractivity contribution >= 4 is 55.0 Å². The predicted molar refractivity (Wildman–Crippen MR) is 200 cm³/mol. The first-order chi connectivity index (χ1) is 23.8. The third-order valence-electron chi connectivity index (χ3n) is 9.74. The van der Waals surface area contributed by atoms with E-state index in [9.17, 15) is 0 Å². The zero-order chi connectivity index (χ0) is 31.6. The van der Waals surface area contributed by atoms with Crippen LogP contribution in [0.1, 0.15) is 17.4 Å². The summed E-state index contributed by atoms with van der Waals surface area (Å²) in [5.74, 6) is 0. The van der Waals surface area contributed by atoms with Crippen LogP contribution >= 0.6 is 0 Å². The smallest absolute Gasteiger partial charge is 0.201 e. The molecule has 226 valence electrons. The summed E-state index contributed by atoms with van der Waals surface area (Å²) in [7, 11) is 0. The normalized spacial score (nSPS) is 14.3. The predicted octanol–water partition coefficient (Wildman–Crippen LogP) is 11.0. The molecule has 0 spiro atoms. The molecule has 2 aromatic heterocycles. The van der Waals surface area contributed by atoms with Crippen molar-refractivity contribution in [2.75, 3.05) is 5.32 Å². The number of rotatable bonds is 4. The van der Waals surface area contributed by atoms with Crippen LogP contribution in [0.2, 0.25) is 0 Å². The molecule has 48 heavy (non-hydrogen) atoms. The maximum Gasteiger partial charge on any atom is 0.201 e. The van der Waals surface area contributed by atoms with Crippen molar-refractivity contribution in [3.8, 4) is 16.8 Å². The number of aliphatic imine (C=N–C) groups is 1. The van der Waals surface area contributed by atoms with Crippen LogP contribution in [0, 0.1) is 0 Å². The Labute approximate surface area is 277 Å². The zero-order valence-electron chi connectivity index (χ0n) is 26.1. The van der Waals surface area contributed by atoms with E-state index in [1.807, 2.05) is 0 Å². The van der Waals surface area contributed by atoms with Crippen molar-refractivity contribution in [2.24, 2.45) is 4.99 Å². The Kier molecular flexibility index (Phi) is 5.90. The number of nitrogens with one attached hydrogen (secondary N) is 1. The third kappa shape index (κ3) is 4.06. The first kappa shape index (κ1) is 26.8. The van der Waals surface area contributed by atoms with E-state index >= 15 is 0 Å². The van der Waals surface area contributed by atoms with Crippen LogP contribution in [0.25, 0.3) is 60.4 Å². The lowest BCUT2D eigenvalue weighted by Gasteiger charge is -2.28. The number of hydrogen-bond donors (Lipinski definition) is 1. The number of fused-ring (bicyclic) bond motifs is 7. The molecule has 1 unspecified atom stereocenters. The van der Waals surface area contributed by atoms with Gasteiger partial charge in [0.15, 0.2) is 0 Å². The molecule has 0 saturated heterocycles. The highest BCUT2D eigenvalue weighted by Crippen LogP contribution is 2.40. The minimum Gasteiger partial charge on any atom is -0.346 e. The molecule has 4 heteroatoms. The van der Waals surface area contributed by atoms with E-state index in [2.05, 4.69) is 184 Å². The zero-order valence-corrected chi connectivity index (χ0v) is 26.1. The summed E-state index contributed by atoms with van der Waals surface area (Å²) in [6, 6.07) is 60.7. The lowest BCUT2D eigenvalue weighted by Crippen LogP contribution is -2.24. The molecular formula is C44H30N4. The number of nitrogens with zero attached hydrogens (tertiary/aromatic N) is 3. The highest BCUT2D eigenvalue weighted by atomic mass is 15.3. The van der Waals surface area contributed by atoms with Gasteiger partial charge in [-0.15, -0.1) is 0 Å². The van der Waals surface area contributed by atoms with Crippen LogP contribution < -0.4 is 5.32 Å². The topological polar surface area (TPSA) is 34.2 Å². The summed E-state index contributed by atoms with van der Waals surface area (Å²) >= 11 is 0. The Bertz CT molecular complexity index is 2700. The minimum atomic E-state index is -0.302. The van der Waals surface area contributed by atoms with Gasteiger partial charge in [0, 0.05) is 44.0 Å². The molecular weight excluding hydrogens is 585 g/mol. The molecule has 7 aromatic carbocycles. The van der Waals surface area contributed by atoms with Crippen LogP contribution in [0.15, 0.2) is 175 Å². The quantitative estimate of drug-likeness (QED) is 0.210. The molecule has 0 aliphatic carbocycles. The van der Waals surface area contributed by atoms with E-state index in [1.165, 1.54) is 49.4 Å². The third-order valence-corrected chi connectivity index (χ3v) is 9.74. The van der Waals surface area contributed by atoms with Gasteiger partial charge in [0.05, 0.1) is 27.8 Å². The maximum atomic E-state index is 5.37. The summed E-state index contributed by atoms with van der Waals surface area (Å²) in [4.78, 5) is 5.37. The van der Waals surface area contributed by atoms with Crippen LogP contribution in [0.3, 0.4) is 0 Å². The molecule has 3 heterocycles. The molecule has 4 nitrogen and oxygen atoms in total. The second kappa shape index (κ2) is 10.6. The SMILES string of the molecule is c1ccc(C2=NC(n3c4ccccc4c4cc(-c5ccc6c(c5)c5ccccc5n6-c5ccccc5)ccc43)Nc3ccccc32)cc1. The lowest BCUT2D eigenvalue weighted by atomic mass is 9.99. The Balaban J connectivity index is 1.15. The van der Waals surface area contributed by atoms with Gasteiger partial charge in [-0.05, 0) is 65.7 Å². The Morgan fingerprint density at radius 1 is 0.438 bits per heavy atom. The summed E-state index contributed by atoms with van der Waals surface area (Å²) in [6.07, 6.45) is -0.302. The first-order valence-corrected chi connectivity index (χ1v) is 16.4. The van der Waals surface area contributed by atoms with Crippen molar-refractivity contribution in [2.45, 2.75) is 6.29 Å². The Morgan fingerprint density at radius 3 is 1.75 bits per heavy atom. The van der Waals surface area contributed by atoms with Crippen molar-refractivity contribution in [1.82, 2.24) is 9.13 Å². The molecule has 1 N–H and O–H groups in total. The fraction of sp³-hybridized carbons (Fsp3) is 0.0227. The second-order valence-corrected chi connectivity index (χ2v) is 12.4. The molecule has 1 atom stereocenters. The largest absolute Gasteiger partial charge is 0.346 e. The number of hydrogen-bond acceptors (Lipinski definition) is 2. The van der Waals surface area contributed by atoms with Gasteiger partial charge in [0.25, 0.3) is 0 Å².